The first kappa shape index (κ1) is 18.1. The van der Waals surface area contributed by atoms with Gasteiger partial charge in [-0.15, -0.1) is 0 Å². The molecule has 2 rings (SSSR count). The Balaban J connectivity index is 1.74. The lowest BCUT2D eigenvalue weighted by Gasteiger charge is -2.09. The van der Waals surface area contributed by atoms with E-state index in [4.69, 9.17) is 13.9 Å². The number of esters is 1. The van der Waals surface area contributed by atoms with E-state index >= 15 is 0 Å². The molecule has 1 aromatic heterocycles. The minimum atomic E-state index is -0.617. The number of carbonyl (C=O) groups is 2. The SMILES string of the molecule is COc1ccccc1CNC(=O)COC(=O)/C=C/c1ccc(I)o1. The molecule has 1 amide bonds. The Morgan fingerprint density at radius 2 is 2.04 bits per heavy atom. The number of para-hydroxylation sites is 1. The van der Waals surface area contributed by atoms with E-state index in [2.05, 4.69) is 5.32 Å². The molecule has 1 aromatic carbocycles. The Morgan fingerprint density at radius 1 is 1.25 bits per heavy atom. The van der Waals surface area contributed by atoms with Crippen LogP contribution in [-0.4, -0.2) is 25.6 Å². The molecule has 0 aliphatic rings. The van der Waals surface area contributed by atoms with E-state index < -0.39 is 11.9 Å². The lowest BCUT2D eigenvalue weighted by molar-refractivity contribution is -0.143. The highest BCUT2D eigenvalue weighted by Gasteiger charge is 2.07. The molecule has 2 aromatic rings. The van der Waals surface area contributed by atoms with E-state index in [9.17, 15) is 9.59 Å². The van der Waals surface area contributed by atoms with Gasteiger partial charge in [0.15, 0.2) is 10.4 Å². The van der Waals surface area contributed by atoms with Crippen LogP contribution >= 0.6 is 22.6 Å². The van der Waals surface area contributed by atoms with E-state index in [1.54, 1.807) is 19.2 Å². The second kappa shape index (κ2) is 9.11. The molecule has 0 radical (unpaired) electrons. The Kier molecular flexibility index (Phi) is 6.86. The standard InChI is InChI=1S/C17H16INO5/c1-22-14-5-3-2-4-12(14)10-19-16(20)11-23-17(21)9-7-13-6-8-15(18)24-13/h2-9H,10-11H2,1H3,(H,19,20)/b9-7+. The molecule has 0 saturated heterocycles. The van der Waals surface area contributed by atoms with E-state index in [1.807, 2.05) is 46.9 Å². The molecule has 0 fully saturated rings. The molecule has 6 nitrogen and oxygen atoms in total. The van der Waals surface area contributed by atoms with Gasteiger partial charge in [-0.25, -0.2) is 4.79 Å². The maximum atomic E-state index is 11.7. The van der Waals surface area contributed by atoms with Gasteiger partial charge in [-0.2, -0.15) is 0 Å². The molecule has 24 heavy (non-hydrogen) atoms. The zero-order valence-electron chi connectivity index (χ0n) is 13.0. The molecular weight excluding hydrogens is 425 g/mol. The molecule has 0 spiro atoms. The van der Waals surface area contributed by atoms with Gasteiger partial charge in [0, 0.05) is 18.2 Å². The van der Waals surface area contributed by atoms with Crippen LogP contribution in [0.4, 0.5) is 0 Å². The fourth-order valence-electron chi connectivity index (χ4n) is 1.85. The van der Waals surface area contributed by atoms with E-state index in [1.165, 1.54) is 12.2 Å². The Labute approximate surface area is 153 Å². The van der Waals surface area contributed by atoms with Crippen LogP contribution in [0.1, 0.15) is 11.3 Å². The molecule has 0 unspecified atom stereocenters. The fourth-order valence-corrected chi connectivity index (χ4v) is 2.28. The van der Waals surface area contributed by atoms with Crippen molar-refractivity contribution in [2.75, 3.05) is 13.7 Å². The molecule has 0 aliphatic heterocycles. The van der Waals surface area contributed by atoms with Gasteiger partial charge < -0.3 is 19.2 Å². The van der Waals surface area contributed by atoms with Crippen molar-refractivity contribution in [2.24, 2.45) is 0 Å². The first-order chi connectivity index (χ1) is 11.6. The third kappa shape index (κ3) is 5.73. The number of nitrogens with one attached hydrogen (secondary N) is 1. The van der Waals surface area contributed by atoms with Gasteiger partial charge in [0.25, 0.3) is 5.91 Å². The predicted molar refractivity (Wildman–Crippen MR) is 96.3 cm³/mol. The summed E-state index contributed by atoms with van der Waals surface area (Å²) >= 11 is 2.02. The summed E-state index contributed by atoms with van der Waals surface area (Å²) in [5.74, 6) is 0.215. The molecule has 126 valence electrons. The number of ether oxygens (including phenoxy) is 2. The minimum absolute atomic E-state index is 0.293. The van der Waals surface area contributed by atoms with Crippen LogP contribution in [0.15, 0.2) is 46.9 Å². The molecule has 7 heteroatoms. The minimum Gasteiger partial charge on any atom is -0.496 e. The first-order valence-corrected chi connectivity index (χ1v) is 8.15. The highest BCUT2D eigenvalue weighted by Crippen LogP contribution is 2.16. The van der Waals surface area contributed by atoms with E-state index in [-0.39, 0.29) is 6.61 Å². The molecule has 0 atom stereocenters. The van der Waals surface area contributed by atoms with Crippen LogP contribution in [0.2, 0.25) is 0 Å². The Bertz CT molecular complexity index is 738. The van der Waals surface area contributed by atoms with Crippen molar-refractivity contribution in [3.05, 3.63) is 57.6 Å². The van der Waals surface area contributed by atoms with E-state index in [0.29, 0.717) is 18.1 Å². The summed E-state index contributed by atoms with van der Waals surface area (Å²) in [6.45, 7) is -0.0604. The number of furan rings is 1. The van der Waals surface area contributed by atoms with Crippen molar-refractivity contribution in [3.63, 3.8) is 0 Å². The molecule has 0 aliphatic carbocycles. The number of benzene rings is 1. The van der Waals surface area contributed by atoms with Crippen LogP contribution in [0, 0.1) is 3.77 Å². The predicted octanol–water partition coefficient (Wildman–Crippen LogP) is 2.77. The number of hydrogen-bond donors (Lipinski definition) is 1. The van der Waals surface area contributed by atoms with Crippen LogP contribution < -0.4 is 10.1 Å². The summed E-state index contributed by atoms with van der Waals surface area (Å²) in [5.41, 5.74) is 0.840. The molecule has 0 bridgehead atoms. The Morgan fingerprint density at radius 3 is 2.75 bits per heavy atom. The van der Waals surface area contributed by atoms with Crippen molar-refractivity contribution in [1.82, 2.24) is 5.32 Å². The zero-order valence-corrected chi connectivity index (χ0v) is 15.1. The summed E-state index contributed by atoms with van der Waals surface area (Å²) in [4.78, 5) is 23.3. The average molecular weight is 441 g/mol. The number of carbonyl (C=O) groups excluding carboxylic acids is 2. The summed E-state index contributed by atoms with van der Waals surface area (Å²) < 4.78 is 16.0. The summed E-state index contributed by atoms with van der Waals surface area (Å²) in [6, 6.07) is 10.9. The van der Waals surface area contributed by atoms with Gasteiger partial charge >= 0.3 is 5.97 Å². The lowest BCUT2D eigenvalue weighted by Crippen LogP contribution is -2.28. The maximum absolute atomic E-state index is 11.7. The van der Waals surface area contributed by atoms with Gasteiger partial charge in [0.1, 0.15) is 11.5 Å². The van der Waals surface area contributed by atoms with Crippen LogP contribution in [0.3, 0.4) is 0 Å². The van der Waals surface area contributed by atoms with Crippen molar-refractivity contribution in [2.45, 2.75) is 6.54 Å². The highest BCUT2D eigenvalue weighted by atomic mass is 127. The second-order valence-corrected chi connectivity index (χ2v) is 5.73. The smallest absolute Gasteiger partial charge is 0.331 e. The average Bonchev–Trinajstić information content (AvgIpc) is 3.01. The monoisotopic (exact) mass is 441 g/mol. The van der Waals surface area contributed by atoms with Gasteiger partial charge in [0.2, 0.25) is 0 Å². The van der Waals surface area contributed by atoms with Crippen molar-refractivity contribution in [3.8, 4) is 5.75 Å². The first-order valence-electron chi connectivity index (χ1n) is 7.07. The number of hydrogen-bond acceptors (Lipinski definition) is 5. The highest BCUT2D eigenvalue weighted by molar-refractivity contribution is 14.1. The summed E-state index contributed by atoms with van der Waals surface area (Å²) in [5, 5.41) is 2.67. The van der Waals surface area contributed by atoms with Crippen LogP contribution in [0.25, 0.3) is 6.08 Å². The largest absolute Gasteiger partial charge is 0.496 e. The van der Waals surface area contributed by atoms with Crippen LogP contribution in [-0.2, 0) is 20.9 Å². The lowest BCUT2D eigenvalue weighted by atomic mass is 10.2. The zero-order chi connectivity index (χ0) is 17.4. The summed E-state index contributed by atoms with van der Waals surface area (Å²) in [6.07, 6.45) is 2.69. The number of halogens is 1. The number of rotatable bonds is 7. The molecular formula is C17H16INO5. The third-order valence-corrected chi connectivity index (χ3v) is 3.57. The van der Waals surface area contributed by atoms with Crippen LogP contribution in [0.5, 0.6) is 5.75 Å². The van der Waals surface area contributed by atoms with Gasteiger partial charge in [-0.05, 0) is 46.9 Å². The van der Waals surface area contributed by atoms with E-state index in [0.717, 1.165) is 9.33 Å². The molecule has 1 N–H and O–H groups in total. The Hall–Kier alpha value is -2.29. The maximum Gasteiger partial charge on any atom is 0.331 e. The van der Waals surface area contributed by atoms with Gasteiger partial charge in [0.05, 0.1) is 7.11 Å². The number of amides is 1. The third-order valence-electron chi connectivity index (χ3n) is 2.99. The fraction of sp³-hybridized carbons (Fsp3) is 0.176. The number of methoxy groups -OCH3 is 1. The quantitative estimate of drug-likeness (QED) is 0.406. The second-order valence-electron chi connectivity index (χ2n) is 4.67. The summed E-state index contributed by atoms with van der Waals surface area (Å²) in [7, 11) is 1.56. The molecule has 1 heterocycles. The van der Waals surface area contributed by atoms with Crippen molar-refractivity contribution >= 4 is 40.5 Å². The van der Waals surface area contributed by atoms with Gasteiger partial charge in [-0.3, -0.25) is 4.79 Å². The van der Waals surface area contributed by atoms with Gasteiger partial charge in [-0.1, -0.05) is 18.2 Å². The topological polar surface area (TPSA) is 77.8 Å². The van der Waals surface area contributed by atoms with Crippen molar-refractivity contribution in [1.29, 1.82) is 0 Å². The normalized spacial score (nSPS) is 10.6. The van der Waals surface area contributed by atoms with Crippen molar-refractivity contribution < 1.29 is 23.5 Å². The molecule has 0 saturated carbocycles.